The molecule has 2 heterocycles. The first-order valence-electron chi connectivity index (χ1n) is 8.97. The van der Waals surface area contributed by atoms with E-state index in [2.05, 4.69) is 31.3 Å². The fourth-order valence-corrected chi connectivity index (χ4v) is 3.52. The number of hydrogen-bond donors (Lipinski definition) is 1. The van der Waals surface area contributed by atoms with E-state index in [0.29, 0.717) is 5.17 Å². The van der Waals surface area contributed by atoms with Crippen molar-refractivity contribution in [3.63, 3.8) is 0 Å². The number of esters is 1. The lowest BCUT2D eigenvalue weighted by Crippen LogP contribution is -2.19. The quantitative estimate of drug-likeness (QED) is 0.304. The zero-order chi connectivity index (χ0) is 20.9. The lowest BCUT2D eigenvalue weighted by atomic mass is 10.0. The van der Waals surface area contributed by atoms with Crippen molar-refractivity contribution in [2.75, 3.05) is 7.11 Å². The number of rotatable bonds is 4. The summed E-state index contributed by atoms with van der Waals surface area (Å²) in [5.41, 5.74) is 3.91. The Balaban J connectivity index is 1.45. The molecule has 0 aliphatic carbocycles. The number of ether oxygens (including phenoxy) is 1. The van der Waals surface area contributed by atoms with Crippen LogP contribution >= 0.6 is 11.8 Å². The molecule has 8 heteroatoms. The first-order chi connectivity index (χ1) is 14.6. The van der Waals surface area contributed by atoms with E-state index in [9.17, 15) is 9.59 Å². The van der Waals surface area contributed by atoms with Crippen molar-refractivity contribution < 1.29 is 14.3 Å². The molecule has 0 saturated carbocycles. The molecule has 148 valence electrons. The van der Waals surface area contributed by atoms with Crippen LogP contribution in [-0.4, -0.2) is 35.4 Å². The van der Waals surface area contributed by atoms with Gasteiger partial charge in [-0.15, -0.1) is 5.10 Å². The minimum absolute atomic E-state index is 0.212. The molecule has 0 unspecified atom stereocenters. The van der Waals surface area contributed by atoms with Crippen molar-refractivity contribution in [2.45, 2.75) is 0 Å². The number of pyridine rings is 1. The molecule has 30 heavy (non-hydrogen) atoms. The molecular weight excluding hydrogens is 400 g/mol. The molecule has 2 aromatic carbocycles. The van der Waals surface area contributed by atoms with E-state index in [1.807, 2.05) is 54.7 Å². The minimum atomic E-state index is -0.598. The predicted octanol–water partition coefficient (Wildman–Crippen LogP) is 3.51. The van der Waals surface area contributed by atoms with Crippen molar-refractivity contribution in [1.82, 2.24) is 10.3 Å². The summed E-state index contributed by atoms with van der Waals surface area (Å²) in [6.07, 6.45) is 4.56. The Hall–Kier alpha value is -3.78. The van der Waals surface area contributed by atoms with E-state index in [1.165, 1.54) is 7.11 Å². The molecule has 0 radical (unpaired) electrons. The lowest BCUT2D eigenvalue weighted by Gasteiger charge is -2.04. The van der Waals surface area contributed by atoms with Crippen LogP contribution in [0.25, 0.3) is 22.0 Å². The fourth-order valence-electron chi connectivity index (χ4n) is 2.78. The van der Waals surface area contributed by atoms with E-state index in [0.717, 1.165) is 45.4 Å². The average Bonchev–Trinajstić information content (AvgIpc) is 3.12. The molecule has 1 saturated heterocycles. The normalized spacial score (nSPS) is 16.5. The third kappa shape index (κ3) is 4.44. The van der Waals surface area contributed by atoms with Crippen LogP contribution in [0.3, 0.4) is 0 Å². The number of hydrogen-bond acceptors (Lipinski definition) is 7. The third-order valence-electron chi connectivity index (χ3n) is 4.29. The summed E-state index contributed by atoms with van der Waals surface area (Å²) < 4.78 is 4.52. The zero-order valence-corrected chi connectivity index (χ0v) is 16.7. The number of amides is 1. The second kappa shape index (κ2) is 8.71. The van der Waals surface area contributed by atoms with Gasteiger partial charge in [0.05, 0.1) is 23.7 Å². The van der Waals surface area contributed by atoms with Crippen LogP contribution in [0.2, 0.25) is 0 Å². The number of benzene rings is 2. The summed E-state index contributed by atoms with van der Waals surface area (Å²) in [6.45, 7) is 0. The highest BCUT2D eigenvalue weighted by Gasteiger charge is 2.24. The molecule has 1 fully saturated rings. The van der Waals surface area contributed by atoms with Crippen LogP contribution in [0.4, 0.5) is 0 Å². The molecule has 1 amide bonds. The van der Waals surface area contributed by atoms with Gasteiger partial charge in [-0.2, -0.15) is 5.10 Å². The van der Waals surface area contributed by atoms with Crippen molar-refractivity contribution in [3.05, 3.63) is 77.3 Å². The number of methoxy groups -OCH3 is 1. The van der Waals surface area contributed by atoms with Crippen molar-refractivity contribution in [1.29, 1.82) is 0 Å². The number of carbonyl (C=O) groups is 2. The molecule has 3 aromatic rings. The topological polar surface area (TPSA) is 93.0 Å². The lowest BCUT2D eigenvalue weighted by molar-refractivity contribution is -0.135. The van der Waals surface area contributed by atoms with E-state index in [1.54, 1.807) is 6.21 Å². The fraction of sp³-hybridized carbons (Fsp3) is 0.0455. The van der Waals surface area contributed by atoms with Gasteiger partial charge in [-0.05, 0) is 35.0 Å². The largest absolute Gasteiger partial charge is 0.466 e. The molecule has 0 bridgehead atoms. The van der Waals surface area contributed by atoms with Gasteiger partial charge in [-0.3, -0.25) is 15.1 Å². The maximum atomic E-state index is 11.8. The number of para-hydroxylation sites is 1. The third-order valence-corrected chi connectivity index (χ3v) is 5.19. The van der Waals surface area contributed by atoms with Crippen LogP contribution in [-0.2, 0) is 14.3 Å². The SMILES string of the molecule is COC(=O)/C=C1/S/C(=N\N=Cc2ccc(-c3cnc4ccccc4c3)cc2)NC1=O. The van der Waals surface area contributed by atoms with Gasteiger partial charge in [0.2, 0.25) is 0 Å². The highest BCUT2D eigenvalue weighted by molar-refractivity contribution is 8.18. The van der Waals surface area contributed by atoms with E-state index in [-0.39, 0.29) is 4.91 Å². The molecule has 1 aliphatic rings. The van der Waals surface area contributed by atoms with Gasteiger partial charge in [0.1, 0.15) is 0 Å². The monoisotopic (exact) mass is 416 g/mol. The number of nitrogens with zero attached hydrogens (tertiary/aromatic N) is 3. The summed E-state index contributed by atoms with van der Waals surface area (Å²) >= 11 is 1.03. The van der Waals surface area contributed by atoms with Gasteiger partial charge in [0.15, 0.2) is 5.17 Å². The van der Waals surface area contributed by atoms with Gasteiger partial charge in [0.25, 0.3) is 5.91 Å². The molecule has 0 spiro atoms. The maximum absolute atomic E-state index is 11.8. The smallest absolute Gasteiger partial charge is 0.331 e. The second-order valence-corrected chi connectivity index (χ2v) is 7.31. The maximum Gasteiger partial charge on any atom is 0.331 e. The Labute approximate surface area is 176 Å². The number of carbonyl (C=O) groups excluding carboxylic acids is 2. The van der Waals surface area contributed by atoms with Gasteiger partial charge >= 0.3 is 5.97 Å². The predicted molar refractivity (Wildman–Crippen MR) is 118 cm³/mol. The van der Waals surface area contributed by atoms with E-state index in [4.69, 9.17) is 0 Å². The average molecular weight is 416 g/mol. The molecule has 1 N–H and O–H groups in total. The molecule has 0 atom stereocenters. The molecule has 7 nitrogen and oxygen atoms in total. The Morgan fingerprint density at radius 3 is 2.73 bits per heavy atom. The van der Waals surface area contributed by atoms with Crippen molar-refractivity contribution in [3.8, 4) is 11.1 Å². The molecule has 1 aliphatic heterocycles. The first kappa shape index (κ1) is 19.5. The Kier molecular flexibility index (Phi) is 5.67. The Morgan fingerprint density at radius 2 is 1.93 bits per heavy atom. The standard InChI is InChI=1S/C22H16N4O3S/c1-29-20(27)11-19-21(28)25-22(30-19)26-24-12-14-6-8-15(9-7-14)17-10-16-4-2-3-5-18(16)23-13-17/h2-13H,1H3,(H,25,26,28)/b19-11+,24-12?. The summed E-state index contributed by atoms with van der Waals surface area (Å²) in [4.78, 5) is 27.7. The van der Waals surface area contributed by atoms with Gasteiger partial charge < -0.3 is 4.74 Å². The van der Waals surface area contributed by atoms with Crippen LogP contribution in [0, 0.1) is 0 Å². The van der Waals surface area contributed by atoms with E-state index >= 15 is 0 Å². The molecule has 1 aromatic heterocycles. The van der Waals surface area contributed by atoms with Crippen LogP contribution in [0.15, 0.2) is 82.0 Å². The highest BCUT2D eigenvalue weighted by atomic mass is 32.2. The van der Waals surface area contributed by atoms with Crippen molar-refractivity contribution >= 4 is 45.9 Å². The Morgan fingerprint density at radius 1 is 1.13 bits per heavy atom. The van der Waals surface area contributed by atoms with E-state index < -0.39 is 11.9 Å². The van der Waals surface area contributed by atoms with Crippen LogP contribution in [0.5, 0.6) is 0 Å². The summed E-state index contributed by atoms with van der Waals surface area (Å²) in [7, 11) is 1.25. The number of amidine groups is 1. The zero-order valence-electron chi connectivity index (χ0n) is 15.9. The summed E-state index contributed by atoms with van der Waals surface area (Å²) in [5, 5.41) is 11.9. The first-order valence-corrected chi connectivity index (χ1v) is 9.79. The van der Waals surface area contributed by atoms with Crippen LogP contribution < -0.4 is 5.32 Å². The number of fused-ring (bicyclic) bond motifs is 1. The summed E-state index contributed by atoms with van der Waals surface area (Å²) in [6, 6.07) is 17.9. The number of nitrogens with one attached hydrogen (secondary N) is 1. The minimum Gasteiger partial charge on any atom is -0.466 e. The number of thioether (sulfide) groups is 1. The Bertz CT molecular complexity index is 1220. The summed E-state index contributed by atoms with van der Waals surface area (Å²) in [5.74, 6) is -1.01. The van der Waals surface area contributed by atoms with Crippen molar-refractivity contribution in [2.24, 2.45) is 10.2 Å². The van der Waals surface area contributed by atoms with Gasteiger partial charge in [-0.25, -0.2) is 4.79 Å². The van der Waals surface area contributed by atoms with Gasteiger partial charge in [0, 0.05) is 23.2 Å². The molecular formula is C22H16N4O3S. The highest BCUT2D eigenvalue weighted by Crippen LogP contribution is 2.24. The van der Waals surface area contributed by atoms with Gasteiger partial charge in [-0.1, -0.05) is 42.5 Å². The second-order valence-electron chi connectivity index (χ2n) is 6.28. The molecule has 4 rings (SSSR count). The number of aromatic nitrogens is 1. The van der Waals surface area contributed by atoms with Crippen LogP contribution in [0.1, 0.15) is 5.56 Å².